The van der Waals surface area contributed by atoms with Gasteiger partial charge in [0, 0.05) is 12.8 Å². The molecule has 0 spiro atoms. The lowest BCUT2D eigenvalue weighted by molar-refractivity contribution is -0.129. The van der Waals surface area contributed by atoms with Crippen LogP contribution in [0.15, 0.2) is 0 Å². The van der Waals surface area contributed by atoms with Gasteiger partial charge in [0.05, 0.1) is 0 Å². The molecule has 3 N–H and O–H groups in total. The van der Waals surface area contributed by atoms with Crippen LogP contribution in [-0.2, 0) is 9.59 Å². The molecule has 0 aromatic rings. The molecule has 0 saturated carbocycles. The molecule has 5 nitrogen and oxygen atoms in total. The first kappa shape index (κ1) is 14.0. The second-order valence-corrected chi connectivity index (χ2v) is 4.60. The first-order chi connectivity index (χ1) is 8.22. The Morgan fingerprint density at radius 3 is 2.47 bits per heavy atom. The smallest absolute Gasteiger partial charge is 0.238 e. The van der Waals surface area contributed by atoms with E-state index in [1.165, 1.54) is 0 Å². The molecular weight excluding hydrogens is 218 g/mol. The molecule has 0 aliphatic carbocycles. The van der Waals surface area contributed by atoms with E-state index in [1.54, 1.807) is 0 Å². The van der Waals surface area contributed by atoms with Gasteiger partial charge in [-0.15, -0.1) is 0 Å². The lowest BCUT2D eigenvalue weighted by Crippen LogP contribution is -2.42. The average Bonchev–Trinajstić information content (AvgIpc) is 2.35. The lowest BCUT2D eigenvalue weighted by atomic mass is 9.94. The van der Waals surface area contributed by atoms with Crippen molar-refractivity contribution in [1.82, 2.24) is 16.2 Å². The Morgan fingerprint density at radius 2 is 1.82 bits per heavy atom. The summed E-state index contributed by atoms with van der Waals surface area (Å²) >= 11 is 0. The molecule has 0 radical (unpaired) electrons. The van der Waals surface area contributed by atoms with Crippen LogP contribution in [0.2, 0.25) is 0 Å². The number of hydrazine groups is 1. The van der Waals surface area contributed by atoms with Crippen LogP contribution in [0.4, 0.5) is 0 Å². The number of carbonyl (C=O) groups is 2. The van der Waals surface area contributed by atoms with Crippen molar-refractivity contribution in [1.29, 1.82) is 0 Å². The maximum absolute atomic E-state index is 11.5. The number of hydrogen-bond donors (Lipinski definition) is 3. The van der Waals surface area contributed by atoms with Gasteiger partial charge in [-0.25, -0.2) is 0 Å². The van der Waals surface area contributed by atoms with Gasteiger partial charge in [-0.2, -0.15) is 0 Å². The lowest BCUT2D eigenvalue weighted by Gasteiger charge is -2.21. The molecule has 0 unspecified atom stereocenters. The molecule has 5 heteroatoms. The number of hydrogen-bond acceptors (Lipinski definition) is 3. The molecule has 1 rings (SSSR count). The fraction of sp³-hybridized carbons (Fsp3) is 0.833. The predicted octanol–water partition coefficient (Wildman–Crippen LogP) is 0.714. The summed E-state index contributed by atoms with van der Waals surface area (Å²) in [5.74, 6) is 0.260. The number of piperidine rings is 1. The van der Waals surface area contributed by atoms with E-state index < -0.39 is 0 Å². The Morgan fingerprint density at radius 1 is 1.18 bits per heavy atom. The standard InChI is InChI=1S/C12H23N3O2/c1-2-3-4-11(16)14-15-12(17)9-10-5-7-13-8-6-10/h10,13H,2-9H2,1H3,(H,14,16)(H,15,17). The highest BCUT2D eigenvalue weighted by molar-refractivity contribution is 5.81. The molecule has 0 bridgehead atoms. The maximum Gasteiger partial charge on any atom is 0.238 e. The minimum Gasteiger partial charge on any atom is -0.317 e. The van der Waals surface area contributed by atoms with E-state index in [-0.39, 0.29) is 11.8 Å². The van der Waals surface area contributed by atoms with Gasteiger partial charge in [0.2, 0.25) is 11.8 Å². The number of unbranched alkanes of at least 4 members (excludes halogenated alkanes) is 1. The third-order valence-corrected chi connectivity index (χ3v) is 3.03. The Balaban J connectivity index is 2.09. The summed E-state index contributed by atoms with van der Waals surface area (Å²) < 4.78 is 0. The van der Waals surface area contributed by atoms with Crippen molar-refractivity contribution in [3.05, 3.63) is 0 Å². The summed E-state index contributed by atoms with van der Waals surface area (Å²) in [6.45, 7) is 4.00. The van der Waals surface area contributed by atoms with E-state index in [9.17, 15) is 9.59 Å². The Bertz CT molecular complexity index is 250. The van der Waals surface area contributed by atoms with E-state index >= 15 is 0 Å². The highest BCUT2D eigenvalue weighted by Gasteiger charge is 2.16. The Hall–Kier alpha value is -1.10. The highest BCUT2D eigenvalue weighted by Crippen LogP contribution is 2.15. The van der Waals surface area contributed by atoms with Crippen molar-refractivity contribution >= 4 is 11.8 Å². The molecule has 17 heavy (non-hydrogen) atoms. The van der Waals surface area contributed by atoms with Gasteiger partial charge in [-0.3, -0.25) is 20.4 Å². The number of rotatable bonds is 5. The summed E-state index contributed by atoms with van der Waals surface area (Å²) in [5, 5.41) is 3.26. The zero-order chi connectivity index (χ0) is 12.5. The summed E-state index contributed by atoms with van der Waals surface area (Å²) in [7, 11) is 0. The topological polar surface area (TPSA) is 70.2 Å². The minimum absolute atomic E-state index is 0.0817. The Kier molecular flexibility index (Phi) is 6.62. The molecule has 0 aromatic carbocycles. The summed E-state index contributed by atoms with van der Waals surface area (Å²) in [5.41, 5.74) is 4.93. The molecule has 0 atom stereocenters. The van der Waals surface area contributed by atoms with Gasteiger partial charge in [0.25, 0.3) is 0 Å². The molecule has 1 aliphatic heterocycles. The number of carbonyl (C=O) groups excluding carboxylic acids is 2. The third kappa shape index (κ3) is 6.26. The normalized spacial score (nSPS) is 16.5. The van der Waals surface area contributed by atoms with Crippen LogP contribution in [0.5, 0.6) is 0 Å². The summed E-state index contributed by atoms with van der Waals surface area (Å²) in [6, 6.07) is 0. The van der Waals surface area contributed by atoms with E-state index in [1.807, 2.05) is 6.92 Å². The van der Waals surface area contributed by atoms with Crippen LogP contribution in [0.1, 0.15) is 45.4 Å². The second-order valence-electron chi connectivity index (χ2n) is 4.60. The van der Waals surface area contributed by atoms with Gasteiger partial charge < -0.3 is 5.32 Å². The highest BCUT2D eigenvalue weighted by atomic mass is 16.2. The van der Waals surface area contributed by atoms with Gasteiger partial charge in [0.1, 0.15) is 0 Å². The van der Waals surface area contributed by atoms with Crippen LogP contribution in [-0.4, -0.2) is 24.9 Å². The van der Waals surface area contributed by atoms with Crippen LogP contribution >= 0.6 is 0 Å². The van der Waals surface area contributed by atoms with Crippen molar-refractivity contribution in [2.75, 3.05) is 13.1 Å². The fourth-order valence-electron chi connectivity index (χ4n) is 1.94. The molecule has 1 saturated heterocycles. The number of amides is 2. The van der Waals surface area contributed by atoms with Gasteiger partial charge in [-0.05, 0) is 38.3 Å². The van der Waals surface area contributed by atoms with Gasteiger partial charge in [0.15, 0.2) is 0 Å². The van der Waals surface area contributed by atoms with E-state index in [2.05, 4.69) is 16.2 Å². The van der Waals surface area contributed by atoms with Crippen LogP contribution < -0.4 is 16.2 Å². The van der Waals surface area contributed by atoms with Crippen molar-refractivity contribution in [2.45, 2.75) is 45.4 Å². The zero-order valence-corrected chi connectivity index (χ0v) is 10.6. The largest absolute Gasteiger partial charge is 0.317 e. The fourth-order valence-corrected chi connectivity index (χ4v) is 1.94. The van der Waals surface area contributed by atoms with E-state index in [0.717, 1.165) is 38.8 Å². The molecule has 1 fully saturated rings. The predicted molar refractivity (Wildman–Crippen MR) is 66.0 cm³/mol. The summed E-state index contributed by atoms with van der Waals surface area (Å²) in [4.78, 5) is 22.8. The first-order valence-electron chi connectivity index (χ1n) is 6.50. The van der Waals surface area contributed by atoms with Crippen molar-refractivity contribution < 1.29 is 9.59 Å². The van der Waals surface area contributed by atoms with Crippen molar-refractivity contribution in [2.24, 2.45) is 5.92 Å². The van der Waals surface area contributed by atoms with Crippen molar-refractivity contribution in [3.63, 3.8) is 0 Å². The minimum atomic E-state index is -0.106. The Labute approximate surface area is 103 Å². The van der Waals surface area contributed by atoms with E-state index in [0.29, 0.717) is 18.8 Å². The van der Waals surface area contributed by atoms with Crippen molar-refractivity contribution in [3.8, 4) is 0 Å². The SMILES string of the molecule is CCCCC(=O)NNC(=O)CC1CCNCC1. The molecular formula is C12H23N3O2. The molecule has 2 amide bonds. The molecule has 0 aromatic heterocycles. The monoisotopic (exact) mass is 241 g/mol. The van der Waals surface area contributed by atoms with Crippen LogP contribution in [0, 0.1) is 5.92 Å². The molecule has 1 aliphatic rings. The average molecular weight is 241 g/mol. The second kappa shape index (κ2) is 8.06. The van der Waals surface area contributed by atoms with Crippen LogP contribution in [0.25, 0.3) is 0 Å². The molecule has 1 heterocycles. The quantitative estimate of drug-likeness (QED) is 0.621. The zero-order valence-electron chi connectivity index (χ0n) is 10.6. The van der Waals surface area contributed by atoms with E-state index in [4.69, 9.17) is 0 Å². The first-order valence-corrected chi connectivity index (χ1v) is 6.50. The van der Waals surface area contributed by atoms with Gasteiger partial charge in [-0.1, -0.05) is 13.3 Å². The molecule has 98 valence electrons. The van der Waals surface area contributed by atoms with Crippen LogP contribution in [0.3, 0.4) is 0 Å². The van der Waals surface area contributed by atoms with Gasteiger partial charge >= 0.3 is 0 Å². The number of nitrogens with one attached hydrogen (secondary N) is 3. The third-order valence-electron chi connectivity index (χ3n) is 3.03. The summed E-state index contributed by atoms with van der Waals surface area (Å²) in [6.07, 6.45) is 4.90. The maximum atomic E-state index is 11.5.